The molecule has 28 heavy (non-hydrogen) atoms. The molecule has 1 saturated carbocycles. The van der Waals surface area contributed by atoms with Crippen molar-refractivity contribution in [3.05, 3.63) is 29.3 Å². The minimum absolute atomic E-state index is 0.264. The van der Waals surface area contributed by atoms with Crippen LogP contribution in [0, 0.1) is 12.8 Å². The number of aryl methyl sites for hydroxylation is 1. The molecule has 6 heteroatoms. The molecule has 1 amide bonds. The molecule has 2 aliphatic rings. The third-order valence-corrected chi connectivity index (χ3v) is 5.89. The van der Waals surface area contributed by atoms with Crippen molar-refractivity contribution in [2.45, 2.75) is 51.5 Å². The van der Waals surface area contributed by atoms with Gasteiger partial charge in [0, 0.05) is 38.6 Å². The highest BCUT2D eigenvalue weighted by Crippen LogP contribution is 2.27. The summed E-state index contributed by atoms with van der Waals surface area (Å²) in [6.07, 6.45) is 6.38. The van der Waals surface area contributed by atoms with Gasteiger partial charge in [-0.25, -0.2) is 0 Å². The van der Waals surface area contributed by atoms with Gasteiger partial charge < -0.3 is 20.3 Å². The molecule has 2 N–H and O–H groups in total. The van der Waals surface area contributed by atoms with E-state index in [2.05, 4.69) is 34.7 Å². The lowest BCUT2D eigenvalue weighted by molar-refractivity contribution is -0.134. The highest BCUT2D eigenvalue weighted by Gasteiger charge is 2.32. The van der Waals surface area contributed by atoms with Crippen LogP contribution in [0.3, 0.4) is 0 Å². The van der Waals surface area contributed by atoms with E-state index in [9.17, 15) is 4.79 Å². The lowest BCUT2D eigenvalue weighted by atomic mass is 10.1. The van der Waals surface area contributed by atoms with Crippen LogP contribution in [0.5, 0.6) is 5.75 Å². The van der Waals surface area contributed by atoms with Crippen molar-refractivity contribution in [2.24, 2.45) is 10.9 Å². The molecule has 2 fully saturated rings. The molecule has 1 aromatic rings. The van der Waals surface area contributed by atoms with Crippen LogP contribution >= 0.6 is 0 Å². The number of nitrogens with one attached hydrogen (secondary N) is 2. The van der Waals surface area contributed by atoms with E-state index in [0.717, 1.165) is 57.0 Å². The van der Waals surface area contributed by atoms with Gasteiger partial charge in [-0.3, -0.25) is 9.79 Å². The molecule has 1 aliphatic carbocycles. The van der Waals surface area contributed by atoms with Crippen molar-refractivity contribution in [2.75, 3.05) is 33.8 Å². The quantitative estimate of drug-likeness (QED) is 0.582. The molecule has 1 atom stereocenters. The number of likely N-dealkylation sites (tertiary alicyclic amines) is 1. The van der Waals surface area contributed by atoms with Crippen molar-refractivity contribution in [3.8, 4) is 5.75 Å². The van der Waals surface area contributed by atoms with Crippen molar-refractivity contribution < 1.29 is 9.53 Å². The number of hydrogen-bond acceptors (Lipinski definition) is 3. The molecular formula is C22H34N4O2. The third kappa shape index (κ3) is 5.18. The van der Waals surface area contributed by atoms with E-state index in [4.69, 9.17) is 4.74 Å². The topological polar surface area (TPSA) is 66.0 Å². The molecular weight excluding hydrogens is 352 g/mol. The van der Waals surface area contributed by atoms with Gasteiger partial charge in [0.05, 0.1) is 7.11 Å². The minimum Gasteiger partial charge on any atom is -0.496 e. The van der Waals surface area contributed by atoms with Crippen LogP contribution in [0.15, 0.2) is 23.2 Å². The van der Waals surface area contributed by atoms with Crippen LogP contribution in [0.4, 0.5) is 0 Å². The summed E-state index contributed by atoms with van der Waals surface area (Å²) in [6, 6.07) is 6.52. The number of nitrogens with zero attached hydrogens (tertiary/aromatic N) is 2. The van der Waals surface area contributed by atoms with Gasteiger partial charge in [0.2, 0.25) is 5.91 Å². The molecule has 1 aliphatic heterocycles. The van der Waals surface area contributed by atoms with Crippen molar-refractivity contribution in [3.63, 3.8) is 0 Å². The summed E-state index contributed by atoms with van der Waals surface area (Å²) in [5.74, 6) is 2.34. The largest absolute Gasteiger partial charge is 0.496 e. The Kier molecular flexibility index (Phi) is 7.18. The van der Waals surface area contributed by atoms with Crippen molar-refractivity contribution >= 4 is 11.9 Å². The summed E-state index contributed by atoms with van der Waals surface area (Å²) in [5, 5.41) is 6.88. The lowest BCUT2D eigenvalue weighted by Gasteiger charge is -2.21. The number of ether oxygens (including phenoxy) is 1. The fourth-order valence-electron chi connectivity index (χ4n) is 4.32. The molecule has 0 spiro atoms. The third-order valence-electron chi connectivity index (χ3n) is 5.89. The van der Waals surface area contributed by atoms with Crippen molar-refractivity contribution in [1.82, 2.24) is 15.5 Å². The molecule has 0 radical (unpaired) electrons. The average Bonchev–Trinajstić information content (AvgIpc) is 3.39. The van der Waals surface area contributed by atoms with Gasteiger partial charge in [-0.2, -0.15) is 0 Å². The van der Waals surface area contributed by atoms with Crippen LogP contribution in [0.1, 0.15) is 43.2 Å². The van der Waals surface area contributed by atoms with Gasteiger partial charge in [0.25, 0.3) is 0 Å². The van der Waals surface area contributed by atoms with Gasteiger partial charge in [0.1, 0.15) is 5.75 Å². The first-order chi connectivity index (χ1) is 13.6. The van der Waals surface area contributed by atoms with Gasteiger partial charge in [-0.1, -0.05) is 30.5 Å². The van der Waals surface area contributed by atoms with Crippen LogP contribution in [-0.2, 0) is 11.2 Å². The molecule has 0 aromatic heterocycles. The van der Waals surface area contributed by atoms with Gasteiger partial charge >= 0.3 is 0 Å². The van der Waals surface area contributed by atoms with Crippen molar-refractivity contribution in [1.29, 1.82) is 0 Å². The number of amides is 1. The number of carbonyl (C=O) groups is 1. The number of guanidine groups is 1. The standard InChI is InChI=1S/C22H34N4O2/c1-16-8-9-20(28-3)18(14-16)10-12-24-22(23-2)25-19-11-13-26(15-19)21(27)17-6-4-5-7-17/h8-9,14,17,19H,4-7,10-13,15H2,1-3H3,(H2,23,24,25). The first-order valence-corrected chi connectivity index (χ1v) is 10.5. The highest BCUT2D eigenvalue weighted by atomic mass is 16.5. The number of carbonyl (C=O) groups excluding carboxylic acids is 1. The summed E-state index contributed by atoms with van der Waals surface area (Å²) in [5.41, 5.74) is 2.43. The zero-order valence-electron chi connectivity index (χ0n) is 17.5. The summed E-state index contributed by atoms with van der Waals surface area (Å²) < 4.78 is 5.46. The normalized spacial score (nSPS) is 20.5. The number of benzene rings is 1. The SMILES string of the molecule is CN=C(NCCc1cc(C)ccc1OC)NC1CCN(C(=O)C2CCCC2)C1. The fourth-order valence-corrected chi connectivity index (χ4v) is 4.32. The number of aliphatic imine (C=N–C) groups is 1. The predicted octanol–water partition coefficient (Wildman–Crippen LogP) is 2.50. The summed E-state index contributed by atoms with van der Waals surface area (Å²) in [7, 11) is 3.50. The molecule has 1 aromatic carbocycles. The van der Waals surface area contributed by atoms with E-state index < -0.39 is 0 Å². The second-order valence-corrected chi connectivity index (χ2v) is 7.96. The Bertz CT molecular complexity index is 698. The number of methoxy groups -OCH3 is 1. The zero-order valence-corrected chi connectivity index (χ0v) is 17.5. The molecule has 6 nitrogen and oxygen atoms in total. The Morgan fingerprint density at radius 1 is 1.29 bits per heavy atom. The Morgan fingerprint density at radius 3 is 2.79 bits per heavy atom. The van der Waals surface area contributed by atoms with E-state index in [-0.39, 0.29) is 12.0 Å². The molecule has 1 heterocycles. The van der Waals surface area contributed by atoms with E-state index in [1.165, 1.54) is 24.0 Å². The van der Waals surface area contributed by atoms with Crippen LogP contribution in [-0.4, -0.2) is 56.6 Å². The maximum Gasteiger partial charge on any atom is 0.225 e. The lowest BCUT2D eigenvalue weighted by Crippen LogP contribution is -2.45. The Labute approximate surface area is 168 Å². The Hall–Kier alpha value is -2.24. The summed E-state index contributed by atoms with van der Waals surface area (Å²) in [4.78, 5) is 19.0. The monoisotopic (exact) mass is 386 g/mol. The summed E-state index contributed by atoms with van der Waals surface area (Å²) in [6.45, 7) is 4.50. The van der Waals surface area contributed by atoms with E-state index >= 15 is 0 Å². The molecule has 1 unspecified atom stereocenters. The fraction of sp³-hybridized carbons (Fsp3) is 0.636. The molecule has 154 valence electrons. The van der Waals surface area contributed by atoms with Gasteiger partial charge in [0.15, 0.2) is 5.96 Å². The second-order valence-electron chi connectivity index (χ2n) is 7.96. The number of hydrogen-bond donors (Lipinski definition) is 2. The first-order valence-electron chi connectivity index (χ1n) is 10.5. The minimum atomic E-state index is 0.264. The Balaban J connectivity index is 1.45. The molecule has 0 bridgehead atoms. The second kappa shape index (κ2) is 9.80. The molecule has 3 rings (SSSR count). The maximum absolute atomic E-state index is 12.6. The Morgan fingerprint density at radius 2 is 2.07 bits per heavy atom. The zero-order chi connectivity index (χ0) is 19.9. The predicted molar refractivity (Wildman–Crippen MR) is 113 cm³/mol. The van der Waals surface area contributed by atoms with Gasteiger partial charge in [-0.15, -0.1) is 0 Å². The highest BCUT2D eigenvalue weighted by molar-refractivity contribution is 5.81. The average molecular weight is 387 g/mol. The van der Waals surface area contributed by atoms with E-state index in [1.54, 1.807) is 14.2 Å². The van der Waals surface area contributed by atoms with E-state index in [1.807, 2.05) is 11.0 Å². The maximum atomic E-state index is 12.6. The summed E-state index contributed by atoms with van der Waals surface area (Å²) >= 11 is 0. The first kappa shape index (κ1) is 20.5. The van der Waals surface area contributed by atoms with Gasteiger partial charge in [-0.05, 0) is 44.2 Å². The van der Waals surface area contributed by atoms with E-state index in [0.29, 0.717) is 5.91 Å². The smallest absolute Gasteiger partial charge is 0.225 e. The van der Waals surface area contributed by atoms with Crippen LogP contribution in [0.25, 0.3) is 0 Å². The number of rotatable bonds is 6. The van der Waals surface area contributed by atoms with Crippen LogP contribution < -0.4 is 15.4 Å². The molecule has 1 saturated heterocycles. The van der Waals surface area contributed by atoms with Crippen LogP contribution in [0.2, 0.25) is 0 Å².